The van der Waals surface area contributed by atoms with Crippen molar-refractivity contribution >= 4 is 56.9 Å². The van der Waals surface area contributed by atoms with Crippen molar-refractivity contribution in [3.63, 3.8) is 0 Å². The van der Waals surface area contributed by atoms with Crippen molar-refractivity contribution < 1.29 is 4.79 Å². The minimum Gasteiger partial charge on any atom is -0.342 e. The monoisotopic (exact) mass is 449 g/mol. The number of thioether (sulfide) groups is 1. The first-order valence-electron chi connectivity index (χ1n) is 10.7. The van der Waals surface area contributed by atoms with Crippen molar-refractivity contribution in [3.05, 3.63) is 40.0 Å². The average molecular weight is 450 g/mol. The first-order valence-corrected chi connectivity index (χ1v) is 12.8. The van der Waals surface area contributed by atoms with Crippen molar-refractivity contribution in [2.75, 3.05) is 24.7 Å². The molecule has 1 N–H and O–H groups in total. The van der Waals surface area contributed by atoms with Gasteiger partial charge in [0.25, 0.3) is 0 Å². The maximum atomic E-state index is 12.8. The number of aromatic nitrogens is 2. The second-order valence-electron chi connectivity index (χ2n) is 8.37. The first-order chi connectivity index (χ1) is 15.2. The van der Waals surface area contributed by atoms with Crippen molar-refractivity contribution in [2.24, 2.45) is 10.9 Å². The van der Waals surface area contributed by atoms with Crippen molar-refractivity contribution in [1.82, 2.24) is 14.9 Å². The van der Waals surface area contributed by atoms with Gasteiger partial charge >= 0.3 is 0 Å². The van der Waals surface area contributed by atoms with Crippen LogP contribution in [0.2, 0.25) is 0 Å². The van der Waals surface area contributed by atoms with Gasteiger partial charge in [0.05, 0.1) is 17.6 Å². The lowest BCUT2D eigenvalue weighted by molar-refractivity contribution is -0.139. The number of fused-ring (bicyclic) bond motifs is 4. The number of anilines is 2. The Balaban J connectivity index is 1.35. The first kappa shape index (κ1) is 19.3. The molecule has 1 aliphatic carbocycles. The molecule has 6 nitrogen and oxygen atoms in total. The summed E-state index contributed by atoms with van der Waals surface area (Å²) in [6.45, 7) is 2.62. The van der Waals surface area contributed by atoms with E-state index in [1.807, 2.05) is 11.1 Å². The summed E-state index contributed by atoms with van der Waals surface area (Å²) in [7, 11) is 0. The smallest absolute Gasteiger partial charge is 0.226 e. The van der Waals surface area contributed by atoms with Crippen molar-refractivity contribution in [1.29, 1.82) is 0 Å². The third-order valence-electron chi connectivity index (χ3n) is 6.57. The van der Waals surface area contributed by atoms with Crippen LogP contribution >= 0.6 is 23.1 Å². The molecule has 0 saturated carbocycles. The molecule has 2 aliphatic heterocycles. The molecule has 3 aromatic rings. The maximum Gasteiger partial charge on any atom is 0.226 e. The van der Waals surface area contributed by atoms with Crippen LogP contribution in [0, 0.1) is 5.92 Å². The predicted molar refractivity (Wildman–Crippen MR) is 127 cm³/mol. The van der Waals surface area contributed by atoms with Gasteiger partial charge in [0.1, 0.15) is 17.0 Å². The Bertz CT molecular complexity index is 1230. The molecule has 8 heteroatoms. The molecule has 0 spiro atoms. The molecule has 3 aliphatic rings. The highest BCUT2D eigenvalue weighted by Gasteiger charge is 2.33. The Hall–Kier alpha value is -2.45. The zero-order valence-electron chi connectivity index (χ0n) is 17.4. The van der Waals surface area contributed by atoms with E-state index in [0.717, 1.165) is 67.0 Å². The number of amides is 1. The van der Waals surface area contributed by atoms with Crippen molar-refractivity contribution in [2.45, 2.75) is 37.1 Å². The largest absolute Gasteiger partial charge is 0.342 e. The molecular weight excluding hydrogens is 426 g/mol. The van der Waals surface area contributed by atoms with E-state index in [1.165, 1.54) is 26.5 Å². The fraction of sp³-hybridized carbons (Fsp3) is 0.391. The molecule has 0 radical (unpaired) electrons. The number of hydrogen-bond acceptors (Lipinski definition) is 7. The highest BCUT2D eigenvalue weighted by atomic mass is 32.2. The van der Waals surface area contributed by atoms with E-state index in [2.05, 4.69) is 38.7 Å². The van der Waals surface area contributed by atoms with Crippen LogP contribution in [0.3, 0.4) is 0 Å². The standard InChI is InChI=1S/C23H23N5OS2/c1-30-19-9-15-11-24-10-14(15)7-17(19)27-21-20-16-4-3-13(23(29)28-5-2-6-28)8-18(16)31-22(20)26-12-25-21/h7,9-10,12-13H,2-6,8,11H2,1H3,(H,25,26,27)/t13-/m0/s1. The summed E-state index contributed by atoms with van der Waals surface area (Å²) in [6, 6.07) is 4.40. The second kappa shape index (κ2) is 7.60. The third-order valence-corrected chi connectivity index (χ3v) is 8.51. The van der Waals surface area contributed by atoms with Gasteiger partial charge in [-0.25, -0.2) is 9.97 Å². The van der Waals surface area contributed by atoms with Gasteiger partial charge in [0.15, 0.2) is 0 Å². The maximum absolute atomic E-state index is 12.8. The molecule has 1 amide bonds. The number of nitrogens with one attached hydrogen (secondary N) is 1. The van der Waals surface area contributed by atoms with Gasteiger partial charge in [0.2, 0.25) is 5.91 Å². The van der Waals surface area contributed by atoms with Gasteiger partial charge in [-0.3, -0.25) is 9.79 Å². The summed E-state index contributed by atoms with van der Waals surface area (Å²) < 4.78 is 0. The van der Waals surface area contributed by atoms with E-state index in [0.29, 0.717) is 5.91 Å². The minimum absolute atomic E-state index is 0.115. The van der Waals surface area contributed by atoms with Crippen LogP contribution in [0.15, 0.2) is 28.3 Å². The van der Waals surface area contributed by atoms with E-state index in [-0.39, 0.29) is 5.92 Å². The number of thiophene rings is 1. The Kier molecular flexibility index (Phi) is 4.72. The van der Waals surface area contributed by atoms with Gasteiger partial charge in [-0.1, -0.05) is 0 Å². The average Bonchev–Trinajstić information content (AvgIpc) is 3.35. The lowest BCUT2D eigenvalue weighted by Crippen LogP contribution is -2.46. The molecule has 158 valence electrons. The molecule has 1 saturated heterocycles. The van der Waals surface area contributed by atoms with Crippen LogP contribution in [0.1, 0.15) is 34.4 Å². The Morgan fingerprint density at radius 3 is 3.00 bits per heavy atom. The Labute approximate surface area is 189 Å². The third kappa shape index (κ3) is 3.24. The van der Waals surface area contributed by atoms with Crippen molar-refractivity contribution in [3.8, 4) is 0 Å². The number of hydrogen-bond donors (Lipinski definition) is 1. The number of carbonyl (C=O) groups excluding carboxylic acids is 1. The van der Waals surface area contributed by atoms with Crippen LogP contribution in [0.5, 0.6) is 0 Å². The van der Waals surface area contributed by atoms with Gasteiger partial charge < -0.3 is 10.2 Å². The second-order valence-corrected chi connectivity index (χ2v) is 10.3. The summed E-state index contributed by atoms with van der Waals surface area (Å²) >= 11 is 3.45. The SMILES string of the molecule is CSc1cc2c(cc1Nc1ncnc3sc4c(c13)CC[C@H](C(=O)N1CCC1)C4)C=NC2. The topological polar surface area (TPSA) is 70.5 Å². The summed E-state index contributed by atoms with van der Waals surface area (Å²) in [5.74, 6) is 1.31. The van der Waals surface area contributed by atoms with E-state index in [1.54, 1.807) is 29.4 Å². The molecule has 2 aromatic heterocycles. The Morgan fingerprint density at radius 2 is 2.19 bits per heavy atom. The van der Waals surface area contributed by atoms with E-state index in [9.17, 15) is 4.79 Å². The number of aryl methyl sites for hydroxylation is 1. The molecule has 1 atom stereocenters. The highest BCUT2D eigenvalue weighted by molar-refractivity contribution is 7.98. The minimum atomic E-state index is 0.115. The summed E-state index contributed by atoms with van der Waals surface area (Å²) in [6.07, 6.45) is 9.48. The summed E-state index contributed by atoms with van der Waals surface area (Å²) in [5.41, 5.74) is 4.82. The summed E-state index contributed by atoms with van der Waals surface area (Å²) in [5, 5.41) is 4.72. The lowest BCUT2D eigenvalue weighted by atomic mass is 9.86. The number of carbonyl (C=O) groups is 1. The quantitative estimate of drug-likeness (QED) is 0.597. The molecule has 1 fully saturated rings. The van der Waals surface area contributed by atoms with E-state index in [4.69, 9.17) is 0 Å². The van der Waals surface area contributed by atoms with E-state index >= 15 is 0 Å². The van der Waals surface area contributed by atoms with Gasteiger partial charge in [-0.05, 0) is 60.8 Å². The fourth-order valence-electron chi connectivity index (χ4n) is 4.74. The number of nitrogens with zero attached hydrogens (tertiary/aromatic N) is 4. The number of aliphatic imine (C=N–C) groups is 1. The molecular formula is C23H23N5OS2. The van der Waals surface area contributed by atoms with Crippen LogP contribution in [0.25, 0.3) is 10.2 Å². The molecule has 1 aromatic carbocycles. The van der Waals surface area contributed by atoms with Gasteiger partial charge in [-0.15, -0.1) is 23.1 Å². The number of rotatable bonds is 4. The normalized spacial score (nSPS) is 19.3. The molecule has 6 rings (SSSR count). The van der Waals surface area contributed by atoms with Gasteiger partial charge in [0, 0.05) is 35.0 Å². The fourth-order valence-corrected chi connectivity index (χ4v) is 6.60. The number of likely N-dealkylation sites (tertiary alicyclic amines) is 1. The highest BCUT2D eigenvalue weighted by Crippen LogP contribution is 2.42. The molecule has 0 bridgehead atoms. The van der Waals surface area contributed by atoms with Crippen LogP contribution in [-0.4, -0.2) is 46.3 Å². The molecule has 0 unspecified atom stereocenters. The van der Waals surface area contributed by atoms with Crippen LogP contribution < -0.4 is 5.32 Å². The van der Waals surface area contributed by atoms with Gasteiger partial charge in [-0.2, -0.15) is 0 Å². The lowest BCUT2D eigenvalue weighted by Gasteiger charge is -2.35. The zero-order chi connectivity index (χ0) is 20.9. The predicted octanol–water partition coefficient (Wildman–Crippen LogP) is 4.43. The number of benzene rings is 1. The summed E-state index contributed by atoms with van der Waals surface area (Å²) in [4.78, 5) is 31.9. The van der Waals surface area contributed by atoms with Crippen LogP contribution in [0.4, 0.5) is 11.5 Å². The molecule has 31 heavy (non-hydrogen) atoms. The van der Waals surface area contributed by atoms with Crippen LogP contribution in [-0.2, 0) is 24.2 Å². The Morgan fingerprint density at radius 1 is 1.29 bits per heavy atom. The van der Waals surface area contributed by atoms with E-state index < -0.39 is 0 Å². The molecule has 4 heterocycles. The zero-order valence-corrected chi connectivity index (χ0v) is 19.0.